The molecule has 6 nitrogen and oxygen atoms in total. The fraction of sp³-hybridized carbons (Fsp3) is 0.250. The molecule has 0 saturated carbocycles. The molecule has 1 aliphatic rings. The molecule has 0 unspecified atom stereocenters. The fourth-order valence-corrected chi connectivity index (χ4v) is 2.67. The van der Waals surface area contributed by atoms with E-state index < -0.39 is 24.7 Å². The Labute approximate surface area is 151 Å². The van der Waals surface area contributed by atoms with Crippen molar-refractivity contribution < 1.29 is 27.6 Å². The lowest BCUT2D eigenvalue weighted by Gasteiger charge is -2.40. The Balaban J connectivity index is 2.03. The van der Waals surface area contributed by atoms with E-state index in [-0.39, 0.29) is 12.1 Å². The van der Waals surface area contributed by atoms with Gasteiger partial charge in [0.25, 0.3) is 0 Å². The number of aromatic nitrogens is 1. The van der Waals surface area contributed by atoms with Crippen LogP contribution in [0.5, 0.6) is 0 Å². The average Bonchev–Trinajstić information content (AvgIpc) is 3.09. The van der Waals surface area contributed by atoms with Gasteiger partial charge in [0.1, 0.15) is 12.0 Å². The quantitative estimate of drug-likeness (QED) is 0.872. The Morgan fingerprint density at radius 3 is 2.58 bits per heavy atom. The van der Waals surface area contributed by atoms with Crippen molar-refractivity contribution in [1.82, 2.24) is 10.2 Å². The normalized spacial score (nSPS) is 16.7. The van der Waals surface area contributed by atoms with E-state index in [0.717, 1.165) is 16.3 Å². The molecule has 2 heterocycles. The predicted octanol–water partition coefficient (Wildman–Crippen LogP) is 3.25. The van der Waals surface area contributed by atoms with Crippen LogP contribution in [-0.2, 0) is 4.79 Å². The largest absolute Gasteiger partial charge is 0.416 e. The van der Waals surface area contributed by atoms with Crippen LogP contribution in [0.2, 0.25) is 5.02 Å². The second kappa shape index (κ2) is 7.00. The molecule has 1 amide bonds. The number of β-amino-alcohol motifs (C(OH)–C–C–N with tert-alkyl or cyclic N) is 1. The topological polar surface area (TPSA) is 69.8 Å². The van der Waals surface area contributed by atoms with E-state index in [1.807, 2.05) is 0 Å². The van der Waals surface area contributed by atoms with E-state index in [9.17, 15) is 23.1 Å². The van der Waals surface area contributed by atoms with Crippen LogP contribution in [0.4, 0.5) is 18.9 Å². The van der Waals surface area contributed by atoms with Crippen molar-refractivity contribution in [1.29, 1.82) is 0 Å². The minimum Gasteiger partial charge on any atom is -0.382 e. The Morgan fingerprint density at radius 2 is 2.00 bits per heavy atom. The number of aliphatic hydroxyl groups is 1. The van der Waals surface area contributed by atoms with Crippen LogP contribution in [-0.4, -0.2) is 40.0 Å². The summed E-state index contributed by atoms with van der Waals surface area (Å²) in [7, 11) is 0. The number of amides is 1. The molecule has 3 rings (SSSR count). The van der Waals surface area contributed by atoms with Gasteiger partial charge in [-0.3, -0.25) is 9.80 Å². The predicted molar refractivity (Wildman–Crippen MR) is 86.8 cm³/mol. The van der Waals surface area contributed by atoms with Gasteiger partial charge in [-0.15, -0.1) is 0 Å². The van der Waals surface area contributed by atoms with Gasteiger partial charge in [0.05, 0.1) is 18.4 Å². The number of benzene rings is 1. The van der Waals surface area contributed by atoms with Crippen LogP contribution >= 0.6 is 11.6 Å². The molecular formula is C16H13ClF3N3O3. The summed E-state index contributed by atoms with van der Waals surface area (Å²) < 4.78 is 43.4. The summed E-state index contributed by atoms with van der Waals surface area (Å²) in [6, 6.07) is 6.39. The van der Waals surface area contributed by atoms with Crippen LogP contribution in [0.3, 0.4) is 0 Å². The van der Waals surface area contributed by atoms with Crippen molar-refractivity contribution in [3.8, 4) is 0 Å². The van der Waals surface area contributed by atoms with Crippen LogP contribution in [0.1, 0.15) is 12.0 Å². The number of rotatable bonds is 4. The van der Waals surface area contributed by atoms with Crippen molar-refractivity contribution in [2.24, 2.45) is 0 Å². The monoisotopic (exact) mass is 387 g/mol. The van der Waals surface area contributed by atoms with E-state index in [2.05, 4.69) is 5.16 Å². The summed E-state index contributed by atoms with van der Waals surface area (Å²) >= 11 is 5.86. The summed E-state index contributed by atoms with van der Waals surface area (Å²) in [5, 5.41) is 15.6. The molecule has 2 aromatic rings. The van der Waals surface area contributed by atoms with Crippen LogP contribution < -0.4 is 5.01 Å². The maximum atomic E-state index is 12.9. The van der Waals surface area contributed by atoms with Crippen molar-refractivity contribution >= 4 is 28.9 Å². The number of alkyl halides is 3. The smallest absolute Gasteiger partial charge is 0.382 e. The third-order valence-corrected chi connectivity index (χ3v) is 4.01. The number of nitrogens with zero attached hydrogens (tertiary/aromatic N) is 3. The molecule has 26 heavy (non-hydrogen) atoms. The van der Waals surface area contributed by atoms with E-state index in [0.29, 0.717) is 16.3 Å². The first kappa shape index (κ1) is 18.3. The molecule has 138 valence electrons. The number of carbonyl (C=O) groups is 1. The maximum absolute atomic E-state index is 12.9. The van der Waals surface area contributed by atoms with Crippen molar-refractivity contribution in [3.05, 3.63) is 53.4 Å². The third kappa shape index (κ3) is 3.68. The summed E-state index contributed by atoms with van der Waals surface area (Å²) in [4.78, 5) is 12.4. The number of hydrazine groups is 1. The lowest BCUT2D eigenvalue weighted by molar-refractivity contribution is -0.206. The Kier molecular flexibility index (Phi) is 4.92. The summed E-state index contributed by atoms with van der Waals surface area (Å²) in [6.07, 6.45) is -3.70. The van der Waals surface area contributed by atoms with Crippen LogP contribution in [0.15, 0.2) is 47.3 Å². The number of anilines is 1. The minimum atomic E-state index is -4.84. The molecule has 10 heteroatoms. The van der Waals surface area contributed by atoms with E-state index in [1.165, 1.54) is 12.3 Å². The second-order valence-corrected chi connectivity index (χ2v) is 5.96. The highest BCUT2D eigenvalue weighted by atomic mass is 35.5. The first-order valence-electron chi connectivity index (χ1n) is 7.48. The van der Waals surface area contributed by atoms with Gasteiger partial charge in [-0.1, -0.05) is 28.9 Å². The van der Waals surface area contributed by atoms with Crippen LogP contribution in [0, 0.1) is 0 Å². The van der Waals surface area contributed by atoms with Gasteiger partial charge < -0.3 is 9.63 Å². The van der Waals surface area contributed by atoms with Gasteiger partial charge >= 0.3 is 6.18 Å². The molecular weight excluding hydrogens is 375 g/mol. The highest BCUT2D eigenvalue weighted by Gasteiger charge is 2.42. The highest BCUT2D eigenvalue weighted by Crippen LogP contribution is 2.33. The maximum Gasteiger partial charge on any atom is 0.416 e. The lowest BCUT2D eigenvalue weighted by Crippen LogP contribution is -2.52. The molecule has 1 atom stereocenters. The summed E-state index contributed by atoms with van der Waals surface area (Å²) in [5.41, 5.74) is 1.02. The number of carbonyl (C=O) groups excluding carboxylic acids is 1. The van der Waals surface area contributed by atoms with Gasteiger partial charge in [0, 0.05) is 11.4 Å². The highest BCUT2D eigenvalue weighted by molar-refractivity contribution is 6.30. The second-order valence-electron chi connectivity index (χ2n) is 5.53. The number of hydrogen-bond acceptors (Lipinski definition) is 5. The zero-order valence-electron chi connectivity index (χ0n) is 13.2. The van der Waals surface area contributed by atoms with Gasteiger partial charge in [0.15, 0.2) is 6.10 Å². The third-order valence-electron chi connectivity index (χ3n) is 3.75. The molecule has 1 aromatic carbocycles. The zero-order valence-corrected chi connectivity index (χ0v) is 13.9. The Bertz CT molecular complexity index is 806. The number of hydrogen-bond donors (Lipinski definition) is 1. The van der Waals surface area contributed by atoms with Gasteiger partial charge in [-0.25, -0.2) is 5.01 Å². The van der Waals surface area contributed by atoms with Crippen molar-refractivity contribution in [2.75, 3.05) is 11.6 Å². The molecule has 0 bridgehead atoms. The molecule has 0 radical (unpaired) electrons. The first-order chi connectivity index (χ1) is 12.3. The van der Waals surface area contributed by atoms with E-state index in [4.69, 9.17) is 16.1 Å². The number of aliphatic hydroxyl groups excluding tert-OH is 1. The molecule has 1 aromatic heterocycles. The fourth-order valence-electron chi connectivity index (χ4n) is 2.54. The molecule has 0 spiro atoms. The van der Waals surface area contributed by atoms with Crippen molar-refractivity contribution in [3.63, 3.8) is 0 Å². The van der Waals surface area contributed by atoms with E-state index in [1.54, 1.807) is 24.3 Å². The number of halogens is 4. The minimum absolute atomic E-state index is 0.0399. The molecule has 0 aliphatic carbocycles. The Hall–Kier alpha value is -2.52. The first-order valence-corrected chi connectivity index (χ1v) is 7.86. The summed E-state index contributed by atoms with van der Waals surface area (Å²) in [5.74, 6) is -0.486. The van der Waals surface area contributed by atoms with Gasteiger partial charge in [-0.05, 0) is 23.8 Å². The zero-order chi connectivity index (χ0) is 18.9. The van der Waals surface area contributed by atoms with Gasteiger partial charge in [0.2, 0.25) is 5.91 Å². The summed E-state index contributed by atoms with van der Waals surface area (Å²) in [6.45, 7) is -0.880. The molecule has 0 fully saturated rings. The average molecular weight is 388 g/mol. The van der Waals surface area contributed by atoms with Crippen LogP contribution in [0.25, 0.3) is 5.70 Å². The standard InChI is InChI=1S/C16H13ClF3N3O3/c17-11-3-1-10(2-4-11)13-5-6-15(25)23(12-7-21-26-9-12)22(13)8-14(24)16(18,19)20/h1-5,7,9,14,24H,6,8H2/t14-/m0/s1. The van der Waals surface area contributed by atoms with Gasteiger partial charge in [-0.2, -0.15) is 13.2 Å². The van der Waals surface area contributed by atoms with Crippen molar-refractivity contribution in [2.45, 2.75) is 18.7 Å². The molecule has 1 N–H and O–H groups in total. The molecule has 0 saturated heterocycles. The van der Waals surface area contributed by atoms with E-state index >= 15 is 0 Å². The Morgan fingerprint density at radius 1 is 1.31 bits per heavy atom. The molecule has 1 aliphatic heterocycles. The SMILES string of the molecule is O=C1CC=C(c2ccc(Cl)cc2)N(C[C@H](O)C(F)(F)F)N1c1cnoc1. The lowest BCUT2D eigenvalue weighted by atomic mass is 10.1.